The van der Waals surface area contributed by atoms with Gasteiger partial charge in [-0.25, -0.2) is 0 Å². The first-order valence-electron chi connectivity index (χ1n) is 8.32. The molecule has 0 atom stereocenters. The van der Waals surface area contributed by atoms with Gasteiger partial charge in [-0.15, -0.1) is 0 Å². The van der Waals surface area contributed by atoms with Crippen LogP contribution >= 0.6 is 0 Å². The van der Waals surface area contributed by atoms with Crippen LogP contribution in [0.4, 0.5) is 0 Å². The van der Waals surface area contributed by atoms with Gasteiger partial charge in [0.2, 0.25) is 0 Å². The first-order chi connectivity index (χ1) is 11.7. The average molecular weight is 326 g/mol. The van der Waals surface area contributed by atoms with E-state index in [1.54, 1.807) is 0 Å². The SMILES string of the molecule is NCCCCCCNC1=C(c2cc3ccccc3[nH]2)C(=O)NC1=O. The number of benzene rings is 1. The summed E-state index contributed by atoms with van der Waals surface area (Å²) in [6, 6.07) is 9.67. The smallest absolute Gasteiger partial charge is 0.275 e. The molecule has 3 rings (SSSR count). The maximum Gasteiger partial charge on any atom is 0.275 e. The Morgan fingerprint density at radius 1 is 1.00 bits per heavy atom. The van der Waals surface area contributed by atoms with E-state index in [2.05, 4.69) is 15.6 Å². The zero-order chi connectivity index (χ0) is 16.9. The number of aromatic amines is 1. The second-order valence-electron chi connectivity index (χ2n) is 5.93. The first kappa shape index (κ1) is 16.3. The lowest BCUT2D eigenvalue weighted by Crippen LogP contribution is -2.27. The third-order valence-electron chi connectivity index (χ3n) is 4.16. The highest BCUT2D eigenvalue weighted by Crippen LogP contribution is 2.25. The number of nitrogens with two attached hydrogens (primary N) is 1. The normalized spacial score (nSPS) is 14.5. The van der Waals surface area contributed by atoms with Crippen molar-refractivity contribution in [3.8, 4) is 0 Å². The summed E-state index contributed by atoms with van der Waals surface area (Å²) in [5.41, 5.74) is 7.81. The Hall–Kier alpha value is -2.60. The number of nitrogens with one attached hydrogen (secondary N) is 3. The van der Waals surface area contributed by atoms with E-state index in [1.807, 2.05) is 30.3 Å². The molecule has 0 radical (unpaired) electrons. The van der Waals surface area contributed by atoms with Crippen molar-refractivity contribution >= 4 is 28.3 Å². The summed E-state index contributed by atoms with van der Waals surface area (Å²) in [6.45, 7) is 1.37. The Bertz CT molecular complexity index is 758. The predicted octanol–water partition coefficient (Wildman–Crippen LogP) is 1.64. The van der Waals surface area contributed by atoms with Crippen molar-refractivity contribution in [2.24, 2.45) is 5.73 Å². The van der Waals surface area contributed by atoms with E-state index in [0.717, 1.165) is 36.6 Å². The van der Waals surface area contributed by atoms with Crippen LogP contribution in [0.1, 0.15) is 31.4 Å². The van der Waals surface area contributed by atoms with Gasteiger partial charge in [0.05, 0.1) is 11.3 Å². The fraction of sp³-hybridized carbons (Fsp3) is 0.333. The van der Waals surface area contributed by atoms with Crippen LogP contribution in [0.2, 0.25) is 0 Å². The van der Waals surface area contributed by atoms with Crippen LogP contribution in [0.5, 0.6) is 0 Å². The van der Waals surface area contributed by atoms with E-state index in [0.29, 0.717) is 30.1 Å². The Morgan fingerprint density at radius 3 is 2.58 bits per heavy atom. The molecule has 5 N–H and O–H groups in total. The monoisotopic (exact) mass is 326 g/mol. The quantitative estimate of drug-likeness (QED) is 0.438. The summed E-state index contributed by atoms with van der Waals surface area (Å²) in [6.07, 6.45) is 4.08. The molecule has 6 nitrogen and oxygen atoms in total. The number of hydrogen-bond donors (Lipinski definition) is 4. The molecule has 1 aliphatic rings. The number of rotatable bonds is 8. The van der Waals surface area contributed by atoms with Gasteiger partial charge < -0.3 is 16.0 Å². The summed E-state index contributed by atoms with van der Waals surface area (Å²) in [5, 5.41) is 6.50. The number of carbonyl (C=O) groups is 2. The standard InChI is InChI=1S/C18H22N4O2/c19-9-5-1-2-6-10-20-16-15(17(23)22-18(16)24)14-11-12-7-3-4-8-13(12)21-14/h3-4,7-8,11,21H,1-2,5-6,9-10,19H2,(H2,20,22,23,24). The highest BCUT2D eigenvalue weighted by molar-refractivity contribution is 6.35. The van der Waals surface area contributed by atoms with E-state index in [9.17, 15) is 9.59 Å². The van der Waals surface area contributed by atoms with Crippen molar-refractivity contribution in [2.45, 2.75) is 25.7 Å². The summed E-state index contributed by atoms with van der Waals surface area (Å²) in [5.74, 6) is -0.729. The van der Waals surface area contributed by atoms with Gasteiger partial charge in [0, 0.05) is 17.4 Å². The summed E-state index contributed by atoms with van der Waals surface area (Å²) < 4.78 is 0. The molecule has 0 aliphatic carbocycles. The molecule has 0 saturated heterocycles. The fourth-order valence-corrected chi connectivity index (χ4v) is 2.93. The molecule has 6 heteroatoms. The molecule has 1 aromatic carbocycles. The van der Waals surface area contributed by atoms with Gasteiger partial charge in [0.15, 0.2) is 0 Å². The van der Waals surface area contributed by atoms with Crippen molar-refractivity contribution in [1.82, 2.24) is 15.6 Å². The minimum absolute atomic E-state index is 0.352. The van der Waals surface area contributed by atoms with Crippen molar-refractivity contribution < 1.29 is 9.59 Å². The van der Waals surface area contributed by atoms with Gasteiger partial charge in [0.25, 0.3) is 11.8 Å². The molecule has 0 saturated carbocycles. The molecular weight excluding hydrogens is 304 g/mol. The molecule has 2 aromatic rings. The predicted molar refractivity (Wildman–Crippen MR) is 93.9 cm³/mol. The second kappa shape index (κ2) is 7.31. The number of H-pyrrole nitrogens is 1. The number of aromatic nitrogens is 1. The van der Waals surface area contributed by atoms with E-state index in [4.69, 9.17) is 5.73 Å². The van der Waals surface area contributed by atoms with Crippen LogP contribution in [0.3, 0.4) is 0 Å². The minimum Gasteiger partial charge on any atom is -0.380 e. The van der Waals surface area contributed by atoms with Crippen LogP contribution < -0.4 is 16.4 Å². The summed E-state index contributed by atoms with van der Waals surface area (Å²) in [4.78, 5) is 27.5. The van der Waals surface area contributed by atoms with Gasteiger partial charge in [-0.1, -0.05) is 31.0 Å². The van der Waals surface area contributed by atoms with Crippen LogP contribution in [-0.2, 0) is 9.59 Å². The average Bonchev–Trinajstić information content (AvgIpc) is 3.11. The zero-order valence-electron chi connectivity index (χ0n) is 13.5. The number of carbonyl (C=O) groups excluding carboxylic acids is 2. The van der Waals surface area contributed by atoms with E-state index < -0.39 is 0 Å². The third kappa shape index (κ3) is 3.33. The van der Waals surface area contributed by atoms with Gasteiger partial charge in [-0.3, -0.25) is 14.9 Å². The van der Waals surface area contributed by atoms with Crippen LogP contribution in [0.25, 0.3) is 16.5 Å². The van der Waals surface area contributed by atoms with Crippen molar-refractivity contribution in [3.63, 3.8) is 0 Å². The summed E-state index contributed by atoms with van der Waals surface area (Å²) >= 11 is 0. The van der Waals surface area contributed by atoms with Gasteiger partial charge in [-0.05, 0) is 31.5 Å². The number of para-hydroxylation sites is 1. The molecule has 1 aromatic heterocycles. The Kier molecular flexibility index (Phi) is 4.96. The van der Waals surface area contributed by atoms with Crippen LogP contribution in [0, 0.1) is 0 Å². The molecule has 2 amide bonds. The Morgan fingerprint density at radius 2 is 1.79 bits per heavy atom. The maximum atomic E-state index is 12.2. The highest BCUT2D eigenvalue weighted by Gasteiger charge is 2.32. The molecule has 0 bridgehead atoms. The van der Waals surface area contributed by atoms with Gasteiger partial charge in [-0.2, -0.15) is 0 Å². The Labute approximate surface area is 140 Å². The first-order valence-corrected chi connectivity index (χ1v) is 8.32. The minimum atomic E-state index is -0.365. The molecule has 24 heavy (non-hydrogen) atoms. The lowest BCUT2D eigenvalue weighted by molar-refractivity contribution is -0.123. The molecular formula is C18H22N4O2. The topological polar surface area (TPSA) is 100 Å². The molecule has 2 heterocycles. The van der Waals surface area contributed by atoms with Crippen molar-refractivity contribution in [3.05, 3.63) is 41.7 Å². The lowest BCUT2D eigenvalue weighted by Gasteiger charge is -2.07. The zero-order valence-corrected chi connectivity index (χ0v) is 13.5. The Balaban J connectivity index is 1.77. The third-order valence-corrected chi connectivity index (χ3v) is 4.16. The van der Waals surface area contributed by atoms with E-state index >= 15 is 0 Å². The maximum absolute atomic E-state index is 12.2. The van der Waals surface area contributed by atoms with Crippen LogP contribution in [0.15, 0.2) is 36.0 Å². The number of imide groups is 1. The fourth-order valence-electron chi connectivity index (χ4n) is 2.93. The molecule has 1 aliphatic heterocycles. The second-order valence-corrected chi connectivity index (χ2v) is 5.93. The van der Waals surface area contributed by atoms with Crippen molar-refractivity contribution in [1.29, 1.82) is 0 Å². The van der Waals surface area contributed by atoms with Gasteiger partial charge in [0.1, 0.15) is 5.70 Å². The number of unbranched alkanes of at least 4 members (excludes halogenated alkanes) is 3. The lowest BCUT2D eigenvalue weighted by atomic mass is 10.1. The van der Waals surface area contributed by atoms with Crippen LogP contribution in [-0.4, -0.2) is 29.9 Å². The number of hydrogen-bond acceptors (Lipinski definition) is 4. The van der Waals surface area contributed by atoms with E-state index in [-0.39, 0.29) is 11.8 Å². The molecule has 0 spiro atoms. The largest absolute Gasteiger partial charge is 0.380 e. The molecule has 126 valence electrons. The number of fused-ring (bicyclic) bond motifs is 1. The van der Waals surface area contributed by atoms with E-state index in [1.165, 1.54) is 0 Å². The highest BCUT2D eigenvalue weighted by atomic mass is 16.2. The van der Waals surface area contributed by atoms with Gasteiger partial charge >= 0.3 is 0 Å². The number of amides is 2. The van der Waals surface area contributed by atoms with Crippen molar-refractivity contribution in [2.75, 3.05) is 13.1 Å². The summed E-state index contributed by atoms with van der Waals surface area (Å²) in [7, 11) is 0. The molecule has 0 unspecified atom stereocenters. The molecule has 0 fully saturated rings.